The molecule has 1 aliphatic carbocycles. The average molecular weight is 427 g/mol. The lowest BCUT2D eigenvalue weighted by Crippen LogP contribution is -2.35. The van der Waals surface area contributed by atoms with Gasteiger partial charge in [0.2, 0.25) is 0 Å². The number of aromatic amines is 1. The van der Waals surface area contributed by atoms with Gasteiger partial charge in [0.25, 0.3) is 5.56 Å². The van der Waals surface area contributed by atoms with Crippen molar-refractivity contribution in [2.45, 2.75) is 38.6 Å². The Labute approximate surface area is 178 Å². The molecule has 8 heteroatoms. The van der Waals surface area contributed by atoms with Crippen LogP contribution in [0.25, 0.3) is 11.0 Å². The fourth-order valence-electron chi connectivity index (χ4n) is 3.37. The van der Waals surface area contributed by atoms with Crippen LogP contribution >= 0.6 is 0 Å². The first-order chi connectivity index (χ1) is 15.0. The SMILES string of the molecule is CC(NNCCCc1ccc2oc(=O)[nH]c(=O)c2c1)c1ccc(F)c(OCC2CC2)c1. The van der Waals surface area contributed by atoms with E-state index in [1.807, 2.05) is 13.0 Å². The van der Waals surface area contributed by atoms with Gasteiger partial charge in [0.15, 0.2) is 11.6 Å². The lowest BCUT2D eigenvalue weighted by molar-refractivity contribution is 0.284. The molecule has 2 aromatic carbocycles. The van der Waals surface area contributed by atoms with Crippen LogP contribution in [0.3, 0.4) is 0 Å². The molecule has 1 heterocycles. The summed E-state index contributed by atoms with van der Waals surface area (Å²) in [5.74, 6) is -0.213. The minimum Gasteiger partial charge on any atom is -0.490 e. The van der Waals surface area contributed by atoms with Crippen LogP contribution in [-0.4, -0.2) is 18.1 Å². The van der Waals surface area contributed by atoms with E-state index in [2.05, 4.69) is 15.8 Å². The van der Waals surface area contributed by atoms with Gasteiger partial charge in [0, 0.05) is 12.6 Å². The summed E-state index contributed by atoms with van der Waals surface area (Å²) in [6.45, 7) is 3.27. The van der Waals surface area contributed by atoms with E-state index < -0.39 is 11.3 Å². The number of hydrogen-bond acceptors (Lipinski definition) is 6. The standard InChI is InChI=1S/C23H26FN3O4/c1-14(17-7-8-19(24)21(12-17)30-13-16-4-5-16)27-25-10-2-3-15-6-9-20-18(11-15)22(28)26-23(29)31-20/h6-9,11-12,14,16,25,27H,2-5,10,13H2,1H3,(H,26,28,29). The molecular formula is C23H26FN3O4. The van der Waals surface area contributed by atoms with E-state index in [-0.39, 0.29) is 17.4 Å². The van der Waals surface area contributed by atoms with Crippen LogP contribution in [-0.2, 0) is 6.42 Å². The Morgan fingerprint density at radius 1 is 1.23 bits per heavy atom. The number of aryl methyl sites for hydroxylation is 1. The second kappa shape index (κ2) is 9.45. The van der Waals surface area contributed by atoms with Crippen LogP contribution in [0, 0.1) is 11.7 Å². The fraction of sp³-hybridized carbons (Fsp3) is 0.391. The highest BCUT2D eigenvalue weighted by molar-refractivity contribution is 5.75. The Morgan fingerprint density at radius 2 is 2.06 bits per heavy atom. The number of benzene rings is 2. The van der Waals surface area contributed by atoms with Crippen molar-refractivity contribution in [3.63, 3.8) is 0 Å². The molecule has 0 spiro atoms. The Hall–Kier alpha value is -2.97. The third-order valence-corrected chi connectivity index (χ3v) is 5.42. The zero-order valence-electron chi connectivity index (χ0n) is 17.4. The van der Waals surface area contributed by atoms with Crippen molar-refractivity contribution in [2.24, 2.45) is 5.92 Å². The van der Waals surface area contributed by atoms with E-state index >= 15 is 0 Å². The molecule has 0 amide bonds. The quantitative estimate of drug-likeness (QED) is 0.340. The van der Waals surface area contributed by atoms with Crippen LogP contribution in [0.2, 0.25) is 0 Å². The maximum Gasteiger partial charge on any atom is 0.419 e. The van der Waals surface area contributed by atoms with Gasteiger partial charge < -0.3 is 9.15 Å². The number of fused-ring (bicyclic) bond motifs is 1. The fourth-order valence-corrected chi connectivity index (χ4v) is 3.37. The molecule has 1 fully saturated rings. The van der Waals surface area contributed by atoms with E-state index in [9.17, 15) is 14.0 Å². The summed E-state index contributed by atoms with van der Waals surface area (Å²) in [6, 6.07) is 10.2. The molecule has 3 aromatic rings. The molecule has 4 rings (SSSR count). The topological polar surface area (TPSA) is 96.4 Å². The highest BCUT2D eigenvalue weighted by Gasteiger charge is 2.22. The summed E-state index contributed by atoms with van der Waals surface area (Å²) in [6.07, 6.45) is 3.91. The molecule has 0 saturated heterocycles. The van der Waals surface area contributed by atoms with Crippen molar-refractivity contribution in [2.75, 3.05) is 13.2 Å². The van der Waals surface area contributed by atoms with E-state index in [0.717, 1.165) is 36.8 Å². The molecule has 0 aliphatic heterocycles. The molecular weight excluding hydrogens is 401 g/mol. The van der Waals surface area contributed by atoms with Crippen molar-refractivity contribution in [1.82, 2.24) is 15.8 Å². The zero-order chi connectivity index (χ0) is 21.8. The van der Waals surface area contributed by atoms with Crippen molar-refractivity contribution in [3.8, 4) is 5.75 Å². The van der Waals surface area contributed by atoms with Gasteiger partial charge in [0.1, 0.15) is 5.58 Å². The van der Waals surface area contributed by atoms with Gasteiger partial charge in [-0.1, -0.05) is 12.1 Å². The van der Waals surface area contributed by atoms with E-state index in [1.54, 1.807) is 24.3 Å². The Balaban J connectivity index is 1.25. The largest absolute Gasteiger partial charge is 0.490 e. The number of nitrogens with one attached hydrogen (secondary N) is 3. The number of rotatable bonds is 10. The summed E-state index contributed by atoms with van der Waals surface area (Å²) in [5.41, 5.74) is 8.18. The van der Waals surface area contributed by atoms with Crippen LogP contribution in [0.15, 0.2) is 50.4 Å². The first-order valence-corrected chi connectivity index (χ1v) is 10.6. The first-order valence-electron chi connectivity index (χ1n) is 10.6. The number of ether oxygens (including phenoxy) is 1. The molecule has 1 unspecified atom stereocenters. The smallest absolute Gasteiger partial charge is 0.419 e. The summed E-state index contributed by atoms with van der Waals surface area (Å²) in [4.78, 5) is 25.3. The van der Waals surface area contributed by atoms with Crippen LogP contribution in [0.5, 0.6) is 5.75 Å². The van der Waals surface area contributed by atoms with E-state index in [1.165, 1.54) is 6.07 Å². The minimum atomic E-state index is -0.752. The number of aromatic nitrogens is 1. The summed E-state index contributed by atoms with van der Waals surface area (Å²) < 4.78 is 24.6. The van der Waals surface area contributed by atoms with Crippen molar-refractivity contribution in [1.29, 1.82) is 0 Å². The molecule has 1 aliphatic rings. The van der Waals surface area contributed by atoms with E-state index in [0.29, 0.717) is 30.2 Å². The second-order valence-corrected chi connectivity index (χ2v) is 8.01. The van der Waals surface area contributed by atoms with Crippen molar-refractivity contribution >= 4 is 11.0 Å². The Kier molecular flexibility index (Phi) is 6.48. The van der Waals surface area contributed by atoms with Gasteiger partial charge in [-0.3, -0.25) is 20.6 Å². The number of hydrogen-bond donors (Lipinski definition) is 3. The van der Waals surface area contributed by atoms with Crippen LogP contribution in [0.4, 0.5) is 4.39 Å². The molecule has 1 atom stereocenters. The molecule has 0 radical (unpaired) electrons. The molecule has 31 heavy (non-hydrogen) atoms. The van der Waals surface area contributed by atoms with Gasteiger partial charge in [-0.05, 0) is 73.9 Å². The number of H-pyrrole nitrogens is 1. The summed E-state index contributed by atoms with van der Waals surface area (Å²) in [7, 11) is 0. The van der Waals surface area contributed by atoms with Crippen LogP contribution < -0.4 is 26.9 Å². The normalized spacial score (nSPS) is 14.6. The maximum atomic E-state index is 14.0. The molecule has 7 nitrogen and oxygen atoms in total. The van der Waals surface area contributed by atoms with Gasteiger partial charge in [-0.2, -0.15) is 0 Å². The van der Waals surface area contributed by atoms with Crippen molar-refractivity contribution in [3.05, 3.63) is 74.2 Å². The predicted octanol–water partition coefficient (Wildman–Crippen LogP) is 3.20. The number of halogens is 1. The van der Waals surface area contributed by atoms with Gasteiger partial charge in [-0.15, -0.1) is 0 Å². The minimum absolute atomic E-state index is 0.0222. The van der Waals surface area contributed by atoms with Gasteiger partial charge >= 0.3 is 5.76 Å². The van der Waals surface area contributed by atoms with Crippen LogP contribution in [0.1, 0.15) is 43.4 Å². The Bertz CT molecular complexity index is 1170. The lowest BCUT2D eigenvalue weighted by atomic mass is 10.1. The predicted molar refractivity (Wildman–Crippen MR) is 116 cm³/mol. The molecule has 0 bridgehead atoms. The summed E-state index contributed by atoms with van der Waals surface area (Å²) in [5, 5.41) is 0.368. The molecule has 164 valence electrons. The van der Waals surface area contributed by atoms with Gasteiger partial charge in [-0.25, -0.2) is 9.18 Å². The molecule has 3 N–H and O–H groups in total. The highest BCUT2D eigenvalue weighted by Crippen LogP contribution is 2.31. The second-order valence-electron chi connectivity index (χ2n) is 8.01. The number of hydrazine groups is 1. The average Bonchev–Trinajstić information content (AvgIpc) is 3.57. The third-order valence-electron chi connectivity index (χ3n) is 5.42. The zero-order valence-corrected chi connectivity index (χ0v) is 17.4. The lowest BCUT2D eigenvalue weighted by Gasteiger charge is -2.17. The van der Waals surface area contributed by atoms with E-state index in [4.69, 9.17) is 9.15 Å². The third kappa shape index (κ3) is 5.59. The highest BCUT2D eigenvalue weighted by atomic mass is 19.1. The molecule has 1 aromatic heterocycles. The van der Waals surface area contributed by atoms with Gasteiger partial charge in [0.05, 0.1) is 12.0 Å². The monoisotopic (exact) mass is 427 g/mol. The summed E-state index contributed by atoms with van der Waals surface area (Å²) >= 11 is 0. The molecule has 1 saturated carbocycles. The Morgan fingerprint density at radius 3 is 2.87 bits per heavy atom. The van der Waals surface area contributed by atoms with Crippen molar-refractivity contribution < 1.29 is 13.5 Å². The first kappa shape index (κ1) is 21.3. The maximum absolute atomic E-state index is 14.0.